The van der Waals surface area contributed by atoms with Crippen LogP contribution < -0.4 is 19.7 Å². The van der Waals surface area contributed by atoms with E-state index < -0.39 is 10.0 Å². The molecular formula is C25H31N5O3S. The van der Waals surface area contributed by atoms with Crippen molar-refractivity contribution in [1.29, 1.82) is 0 Å². The predicted octanol–water partition coefficient (Wildman–Crippen LogP) is 4.95. The number of hydrogen-bond donors (Lipinski definition) is 2. The summed E-state index contributed by atoms with van der Waals surface area (Å²) in [5, 5.41) is 3.22. The van der Waals surface area contributed by atoms with Gasteiger partial charge in [-0.25, -0.2) is 13.4 Å². The first-order chi connectivity index (χ1) is 16.2. The molecule has 2 N–H and O–H groups in total. The summed E-state index contributed by atoms with van der Waals surface area (Å²) in [6.07, 6.45) is 2.36. The maximum absolute atomic E-state index is 13.0. The van der Waals surface area contributed by atoms with Gasteiger partial charge < -0.3 is 15.0 Å². The molecule has 0 aliphatic carbocycles. The lowest BCUT2D eigenvalue weighted by Crippen LogP contribution is -2.19. The SMILES string of the molecule is CCOc1c(C)cc(S(=O)(=O)Nc2ccc(Nc3nc(C)cc(N4CCCC4)n3)cc2)cc1C. The van der Waals surface area contributed by atoms with Crippen LogP contribution >= 0.6 is 0 Å². The zero-order valence-electron chi connectivity index (χ0n) is 20.1. The Bertz CT molecular complexity index is 1250. The normalized spacial score (nSPS) is 13.7. The van der Waals surface area contributed by atoms with Gasteiger partial charge in [-0.3, -0.25) is 4.72 Å². The van der Waals surface area contributed by atoms with Crippen LogP contribution in [-0.4, -0.2) is 38.1 Å². The van der Waals surface area contributed by atoms with Crippen LogP contribution in [0.15, 0.2) is 47.4 Å². The molecule has 8 nitrogen and oxygen atoms in total. The van der Waals surface area contributed by atoms with Crippen molar-refractivity contribution in [2.45, 2.75) is 45.4 Å². The first-order valence-electron chi connectivity index (χ1n) is 11.5. The van der Waals surface area contributed by atoms with Crippen LogP contribution in [0.5, 0.6) is 5.75 Å². The van der Waals surface area contributed by atoms with Gasteiger partial charge in [-0.1, -0.05) is 0 Å². The molecule has 2 aromatic carbocycles. The van der Waals surface area contributed by atoms with E-state index >= 15 is 0 Å². The summed E-state index contributed by atoms with van der Waals surface area (Å²) < 4.78 is 34.2. The number of anilines is 4. The van der Waals surface area contributed by atoms with Crippen molar-refractivity contribution >= 4 is 33.2 Å². The van der Waals surface area contributed by atoms with Crippen LogP contribution in [0.3, 0.4) is 0 Å². The molecule has 9 heteroatoms. The Hall–Kier alpha value is -3.33. The van der Waals surface area contributed by atoms with E-state index in [9.17, 15) is 8.42 Å². The molecule has 2 heterocycles. The second kappa shape index (κ2) is 9.89. The molecule has 0 unspecified atom stereocenters. The number of sulfonamides is 1. The molecule has 4 rings (SSSR count). The van der Waals surface area contributed by atoms with E-state index in [2.05, 4.69) is 24.9 Å². The molecule has 0 saturated carbocycles. The van der Waals surface area contributed by atoms with E-state index in [0.717, 1.165) is 47.2 Å². The smallest absolute Gasteiger partial charge is 0.261 e. The van der Waals surface area contributed by atoms with Crippen molar-refractivity contribution in [2.75, 3.05) is 34.6 Å². The Morgan fingerprint density at radius 3 is 2.18 bits per heavy atom. The average molecular weight is 482 g/mol. The molecule has 180 valence electrons. The van der Waals surface area contributed by atoms with Gasteiger partial charge in [-0.05, 0) is 88.1 Å². The number of ether oxygens (including phenoxy) is 1. The molecule has 1 aliphatic heterocycles. The first kappa shape index (κ1) is 23.8. The lowest BCUT2D eigenvalue weighted by atomic mass is 10.1. The fourth-order valence-corrected chi connectivity index (χ4v) is 5.35. The number of benzene rings is 2. The molecule has 0 spiro atoms. The Kier molecular flexibility index (Phi) is 6.92. The van der Waals surface area contributed by atoms with Gasteiger partial charge in [0.25, 0.3) is 10.0 Å². The van der Waals surface area contributed by atoms with E-state index in [1.54, 1.807) is 36.4 Å². The third kappa shape index (κ3) is 5.41. The molecule has 1 aliphatic rings. The standard InChI is InChI=1S/C25H31N5O3S/c1-5-33-24-17(2)14-22(15-18(24)3)34(31,32)29-21-10-8-20(9-11-21)27-25-26-19(4)16-23(28-25)30-12-6-7-13-30/h8-11,14-16,29H,5-7,12-13H2,1-4H3,(H,26,27,28). The quantitative estimate of drug-likeness (QED) is 0.470. The molecule has 0 atom stereocenters. The Labute approximate surface area is 201 Å². The minimum Gasteiger partial charge on any atom is -0.493 e. The second-order valence-electron chi connectivity index (χ2n) is 8.51. The highest BCUT2D eigenvalue weighted by Gasteiger charge is 2.18. The van der Waals surface area contributed by atoms with Crippen molar-refractivity contribution < 1.29 is 13.2 Å². The van der Waals surface area contributed by atoms with E-state index in [1.807, 2.05) is 33.8 Å². The van der Waals surface area contributed by atoms with E-state index in [0.29, 0.717) is 18.2 Å². The monoisotopic (exact) mass is 481 g/mol. The number of rotatable bonds is 8. The Morgan fingerprint density at radius 2 is 1.56 bits per heavy atom. The highest BCUT2D eigenvalue weighted by molar-refractivity contribution is 7.92. The Morgan fingerprint density at radius 1 is 0.941 bits per heavy atom. The lowest BCUT2D eigenvalue weighted by Gasteiger charge is -2.18. The van der Waals surface area contributed by atoms with Gasteiger partial charge in [-0.2, -0.15) is 4.98 Å². The molecule has 0 radical (unpaired) electrons. The minimum absolute atomic E-state index is 0.204. The van der Waals surface area contributed by atoms with Gasteiger partial charge in [0.05, 0.1) is 11.5 Å². The molecule has 34 heavy (non-hydrogen) atoms. The summed E-state index contributed by atoms with van der Waals surface area (Å²) >= 11 is 0. The van der Waals surface area contributed by atoms with Crippen LogP contribution in [0.2, 0.25) is 0 Å². The number of aromatic nitrogens is 2. The molecule has 1 fully saturated rings. The molecule has 0 bridgehead atoms. The molecule has 0 amide bonds. The fraction of sp³-hybridized carbons (Fsp3) is 0.360. The number of aryl methyl sites for hydroxylation is 3. The largest absolute Gasteiger partial charge is 0.493 e. The van der Waals surface area contributed by atoms with E-state index in [1.165, 1.54) is 12.8 Å². The molecule has 1 saturated heterocycles. The summed E-state index contributed by atoms with van der Waals surface area (Å²) in [5.41, 5.74) is 3.71. The van der Waals surface area contributed by atoms with Gasteiger partial charge >= 0.3 is 0 Å². The van der Waals surface area contributed by atoms with Crippen LogP contribution in [0, 0.1) is 20.8 Å². The third-order valence-electron chi connectivity index (χ3n) is 5.70. The van der Waals surface area contributed by atoms with Gasteiger partial charge in [0, 0.05) is 36.2 Å². The number of hydrogen-bond acceptors (Lipinski definition) is 7. The predicted molar refractivity (Wildman–Crippen MR) is 136 cm³/mol. The van der Waals surface area contributed by atoms with Crippen molar-refractivity contribution in [2.24, 2.45) is 0 Å². The zero-order chi connectivity index (χ0) is 24.3. The first-order valence-corrected chi connectivity index (χ1v) is 13.0. The third-order valence-corrected chi connectivity index (χ3v) is 7.06. The molecule has 1 aromatic heterocycles. The van der Waals surface area contributed by atoms with Crippen LogP contribution in [0.4, 0.5) is 23.1 Å². The maximum Gasteiger partial charge on any atom is 0.261 e. The molecular weight excluding hydrogens is 450 g/mol. The number of nitrogens with zero attached hydrogens (tertiary/aromatic N) is 3. The summed E-state index contributed by atoms with van der Waals surface area (Å²) in [4.78, 5) is 11.6. The van der Waals surface area contributed by atoms with Crippen LogP contribution in [-0.2, 0) is 10.0 Å². The van der Waals surface area contributed by atoms with Gasteiger partial charge in [0.15, 0.2) is 0 Å². The summed E-state index contributed by atoms with van der Waals surface area (Å²) in [7, 11) is -3.74. The fourth-order valence-electron chi connectivity index (χ4n) is 4.12. The zero-order valence-corrected chi connectivity index (χ0v) is 20.9. The van der Waals surface area contributed by atoms with Crippen LogP contribution in [0.1, 0.15) is 36.6 Å². The highest BCUT2D eigenvalue weighted by atomic mass is 32.2. The second-order valence-corrected chi connectivity index (χ2v) is 10.2. The van der Waals surface area contributed by atoms with Gasteiger partial charge in [0.2, 0.25) is 5.95 Å². The highest BCUT2D eigenvalue weighted by Crippen LogP contribution is 2.28. The van der Waals surface area contributed by atoms with Crippen molar-refractivity contribution in [3.05, 3.63) is 59.3 Å². The van der Waals surface area contributed by atoms with Crippen LogP contribution in [0.25, 0.3) is 0 Å². The van der Waals surface area contributed by atoms with E-state index in [-0.39, 0.29) is 4.90 Å². The van der Waals surface area contributed by atoms with Crippen molar-refractivity contribution in [3.63, 3.8) is 0 Å². The Balaban J connectivity index is 1.48. The van der Waals surface area contributed by atoms with Gasteiger partial charge in [0.1, 0.15) is 11.6 Å². The summed E-state index contributed by atoms with van der Waals surface area (Å²) in [6.45, 7) is 10.1. The molecule has 3 aromatic rings. The summed E-state index contributed by atoms with van der Waals surface area (Å²) in [5.74, 6) is 2.18. The van der Waals surface area contributed by atoms with Gasteiger partial charge in [-0.15, -0.1) is 0 Å². The van der Waals surface area contributed by atoms with Crippen molar-refractivity contribution in [3.8, 4) is 5.75 Å². The minimum atomic E-state index is -3.74. The topological polar surface area (TPSA) is 96.5 Å². The maximum atomic E-state index is 13.0. The number of nitrogens with one attached hydrogen (secondary N) is 2. The average Bonchev–Trinajstić information content (AvgIpc) is 3.32. The summed E-state index contributed by atoms with van der Waals surface area (Å²) in [6, 6.07) is 12.3. The lowest BCUT2D eigenvalue weighted by molar-refractivity contribution is 0.335. The van der Waals surface area contributed by atoms with Crippen molar-refractivity contribution in [1.82, 2.24) is 9.97 Å². The van der Waals surface area contributed by atoms with E-state index in [4.69, 9.17) is 4.74 Å².